The van der Waals surface area contributed by atoms with E-state index < -0.39 is 0 Å². The minimum atomic E-state index is -0.285. The number of aromatic nitrogens is 2. The average molecular weight is 302 g/mol. The lowest BCUT2D eigenvalue weighted by Crippen LogP contribution is -2.47. The van der Waals surface area contributed by atoms with E-state index in [1.54, 1.807) is 19.4 Å². The second kappa shape index (κ2) is 6.17. The molecule has 22 heavy (non-hydrogen) atoms. The molecule has 1 aromatic carbocycles. The van der Waals surface area contributed by atoms with Crippen molar-refractivity contribution in [2.45, 2.75) is 6.92 Å². The highest BCUT2D eigenvalue weighted by molar-refractivity contribution is 5.59. The summed E-state index contributed by atoms with van der Waals surface area (Å²) in [6.45, 7) is 5.25. The van der Waals surface area contributed by atoms with Crippen LogP contribution in [0.3, 0.4) is 0 Å². The van der Waals surface area contributed by atoms with Crippen LogP contribution in [0.1, 0.15) is 5.69 Å². The Morgan fingerprint density at radius 3 is 2.50 bits per heavy atom. The number of halogens is 1. The van der Waals surface area contributed by atoms with E-state index in [0.717, 1.165) is 43.5 Å². The van der Waals surface area contributed by atoms with Gasteiger partial charge in [-0.2, -0.15) is 0 Å². The van der Waals surface area contributed by atoms with Gasteiger partial charge in [0.05, 0.1) is 12.8 Å². The first-order valence-corrected chi connectivity index (χ1v) is 7.30. The molecule has 1 aliphatic rings. The van der Waals surface area contributed by atoms with Crippen LogP contribution in [0.25, 0.3) is 0 Å². The number of hydrogen-bond acceptors (Lipinski definition) is 5. The minimum Gasteiger partial charge on any atom is -0.494 e. The molecular formula is C16H19FN4O. The van der Waals surface area contributed by atoms with E-state index in [2.05, 4.69) is 19.8 Å². The topological polar surface area (TPSA) is 41.5 Å². The van der Waals surface area contributed by atoms with Crippen LogP contribution in [-0.2, 0) is 0 Å². The molecular weight excluding hydrogens is 283 g/mol. The van der Waals surface area contributed by atoms with E-state index in [9.17, 15) is 4.39 Å². The van der Waals surface area contributed by atoms with Gasteiger partial charge in [-0.3, -0.25) is 0 Å². The van der Waals surface area contributed by atoms with Gasteiger partial charge >= 0.3 is 0 Å². The third kappa shape index (κ3) is 2.95. The fourth-order valence-corrected chi connectivity index (χ4v) is 2.65. The van der Waals surface area contributed by atoms with E-state index in [4.69, 9.17) is 4.74 Å². The molecule has 0 amide bonds. The van der Waals surface area contributed by atoms with Gasteiger partial charge < -0.3 is 14.5 Å². The second-order valence-corrected chi connectivity index (χ2v) is 5.29. The number of piperazine rings is 1. The van der Waals surface area contributed by atoms with Crippen molar-refractivity contribution in [2.24, 2.45) is 0 Å². The SMILES string of the molecule is COc1cc(F)ccc1N1CCN(c2nccc(C)n2)CC1. The highest BCUT2D eigenvalue weighted by atomic mass is 19.1. The van der Waals surface area contributed by atoms with E-state index in [1.165, 1.54) is 12.1 Å². The van der Waals surface area contributed by atoms with Crippen LogP contribution < -0.4 is 14.5 Å². The standard InChI is InChI=1S/C16H19FN4O/c1-12-5-6-18-16(19-12)21-9-7-20(8-10-21)14-4-3-13(17)11-15(14)22-2/h3-6,11H,7-10H2,1-2H3. The van der Waals surface area contributed by atoms with Gasteiger partial charge in [-0.05, 0) is 25.1 Å². The molecule has 0 radical (unpaired) electrons. The summed E-state index contributed by atoms with van der Waals surface area (Å²) in [6.07, 6.45) is 1.78. The zero-order valence-electron chi connectivity index (χ0n) is 12.8. The predicted octanol–water partition coefficient (Wildman–Crippen LogP) is 2.26. The maximum Gasteiger partial charge on any atom is 0.225 e. The molecule has 2 heterocycles. The zero-order chi connectivity index (χ0) is 15.5. The molecule has 0 N–H and O–H groups in total. The van der Waals surface area contributed by atoms with Crippen LogP contribution in [0.15, 0.2) is 30.5 Å². The number of ether oxygens (including phenoxy) is 1. The number of hydrogen-bond donors (Lipinski definition) is 0. The predicted molar refractivity (Wildman–Crippen MR) is 84.1 cm³/mol. The van der Waals surface area contributed by atoms with E-state index >= 15 is 0 Å². The summed E-state index contributed by atoms with van der Waals surface area (Å²) >= 11 is 0. The number of methoxy groups -OCH3 is 1. The summed E-state index contributed by atoms with van der Waals surface area (Å²) in [6, 6.07) is 6.55. The molecule has 0 atom stereocenters. The number of nitrogens with zero attached hydrogens (tertiary/aromatic N) is 4. The van der Waals surface area contributed by atoms with Crippen molar-refractivity contribution in [1.82, 2.24) is 9.97 Å². The lowest BCUT2D eigenvalue weighted by atomic mass is 10.2. The quantitative estimate of drug-likeness (QED) is 0.870. The Balaban J connectivity index is 1.72. The molecule has 116 valence electrons. The van der Waals surface area contributed by atoms with Gasteiger partial charge in [0.15, 0.2) is 0 Å². The Kier molecular flexibility index (Phi) is 4.09. The minimum absolute atomic E-state index is 0.285. The molecule has 0 saturated carbocycles. The maximum absolute atomic E-state index is 13.3. The molecule has 0 aliphatic carbocycles. The second-order valence-electron chi connectivity index (χ2n) is 5.29. The summed E-state index contributed by atoms with van der Waals surface area (Å²) < 4.78 is 18.6. The first-order chi connectivity index (χ1) is 10.7. The van der Waals surface area contributed by atoms with Crippen molar-refractivity contribution < 1.29 is 9.13 Å². The molecule has 1 aromatic heterocycles. The molecule has 1 fully saturated rings. The molecule has 1 saturated heterocycles. The van der Waals surface area contributed by atoms with Crippen LogP contribution in [0.2, 0.25) is 0 Å². The van der Waals surface area contributed by atoms with Gasteiger partial charge in [-0.15, -0.1) is 0 Å². The molecule has 0 unspecified atom stereocenters. The van der Waals surface area contributed by atoms with Crippen LogP contribution in [0, 0.1) is 12.7 Å². The van der Waals surface area contributed by atoms with Gasteiger partial charge in [0.2, 0.25) is 5.95 Å². The van der Waals surface area contributed by atoms with Crippen LogP contribution in [-0.4, -0.2) is 43.3 Å². The molecule has 2 aromatic rings. The highest BCUT2D eigenvalue weighted by Crippen LogP contribution is 2.30. The maximum atomic E-state index is 13.3. The fraction of sp³-hybridized carbons (Fsp3) is 0.375. The van der Waals surface area contributed by atoms with Crippen molar-refractivity contribution in [3.63, 3.8) is 0 Å². The Hall–Kier alpha value is -2.37. The van der Waals surface area contributed by atoms with Crippen LogP contribution >= 0.6 is 0 Å². The van der Waals surface area contributed by atoms with Gasteiger partial charge in [-0.25, -0.2) is 14.4 Å². The summed E-state index contributed by atoms with van der Waals surface area (Å²) in [4.78, 5) is 13.2. The van der Waals surface area contributed by atoms with Gasteiger partial charge in [0.1, 0.15) is 11.6 Å². The number of rotatable bonds is 3. The van der Waals surface area contributed by atoms with Crippen molar-refractivity contribution in [3.8, 4) is 5.75 Å². The van der Waals surface area contributed by atoms with Crippen molar-refractivity contribution in [1.29, 1.82) is 0 Å². The first kappa shape index (κ1) is 14.6. The molecule has 0 spiro atoms. The Morgan fingerprint density at radius 2 is 1.82 bits per heavy atom. The summed E-state index contributed by atoms with van der Waals surface area (Å²) in [5.41, 5.74) is 1.89. The first-order valence-electron chi connectivity index (χ1n) is 7.30. The van der Waals surface area contributed by atoms with Crippen molar-refractivity contribution in [2.75, 3.05) is 43.1 Å². The Morgan fingerprint density at radius 1 is 1.09 bits per heavy atom. The Bertz CT molecular complexity index is 656. The lowest BCUT2D eigenvalue weighted by molar-refractivity contribution is 0.410. The van der Waals surface area contributed by atoms with Gasteiger partial charge in [0.25, 0.3) is 0 Å². The van der Waals surface area contributed by atoms with Crippen molar-refractivity contribution in [3.05, 3.63) is 42.0 Å². The number of aryl methyl sites for hydroxylation is 1. The third-order valence-electron chi connectivity index (χ3n) is 3.83. The van der Waals surface area contributed by atoms with E-state index in [-0.39, 0.29) is 5.82 Å². The summed E-state index contributed by atoms with van der Waals surface area (Å²) in [7, 11) is 1.56. The molecule has 1 aliphatic heterocycles. The molecule has 0 bridgehead atoms. The van der Waals surface area contributed by atoms with Gasteiger partial charge in [0, 0.05) is 44.1 Å². The summed E-state index contributed by atoms with van der Waals surface area (Å²) in [5, 5.41) is 0. The lowest BCUT2D eigenvalue weighted by Gasteiger charge is -2.36. The highest BCUT2D eigenvalue weighted by Gasteiger charge is 2.21. The van der Waals surface area contributed by atoms with Gasteiger partial charge in [-0.1, -0.05) is 0 Å². The normalized spacial score (nSPS) is 15.0. The molecule has 5 nitrogen and oxygen atoms in total. The third-order valence-corrected chi connectivity index (χ3v) is 3.83. The van der Waals surface area contributed by atoms with Crippen LogP contribution in [0.4, 0.5) is 16.0 Å². The smallest absolute Gasteiger partial charge is 0.225 e. The molecule has 6 heteroatoms. The number of benzene rings is 1. The van der Waals surface area contributed by atoms with Crippen molar-refractivity contribution >= 4 is 11.6 Å². The fourth-order valence-electron chi connectivity index (χ4n) is 2.65. The molecule has 3 rings (SSSR count). The average Bonchev–Trinajstić information content (AvgIpc) is 2.55. The van der Waals surface area contributed by atoms with E-state index in [0.29, 0.717) is 5.75 Å². The number of anilines is 2. The zero-order valence-corrected chi connectivity index (χ0v) is 12.8. The van der Waals surface area contributed by atoms with Crippen LogP contribution in [0.5, 0.6) is 5.75 Å². The monoisotopic (exact) mass is 302 g/mol. The summed E-state index contributed by atoms with van der Waals surface area (Å²) in [5.74, 6) is 1.05. The Labute approximate surface area is 129 Å². The largest absolute Gasteiger partial charge is 0.494 e. The van der Waals surface area contributed by atoms with E-state index in [1.807, 2.05) is 13.0 Å².